The largest absolute Gasteiger partial charge is 0.493 e. The van der Waals surface area contributed by atoms with Gasteiger partial charge in [0.2, 0.25) is 0 Å². The van der Waals surface area contributed by atoms with E-state index in [1.807, 2.05) is 7.05 Å². The van der Waals surface area contributed by atoms with Crippen LogP contribution in [-0.4, -0.2) is 59.9 Å². The van der Waals surface area contributed by atoms with E-state index in [9.17, 15) is 9.50 Å². The molecule has 9 heteroatoms. The van der Waals surface area contributed by atoms with Gasteiger partial charge in [-0.1, -0.05) is 25.4 Å². The average Bonchev–Trinajstić information content (AvgIpc) is 2.74. The second kappa shape index (κ2) is 10.3. The Morgan fingerprint density at radius 2 is 1.94 bits per heavy atom. The number of aromatic nitrogens is 2. The van der Waals surface area contributed by atoms with E-state index >= 15 is 0 Å². The van der Waals surface area contributed by atoms with Gasteiger partial charge in [0, 0.05) is 30.1 Å². The van der Waals surface area contributed by atoms with E-state index < -0.39 is 11.9 Å². The normalized spacial score (nSPS) is 12.5. The van der Waals surface area contributed by atoms with E-state index in [2.05, 4.69) is 28.7 Å². The number of halogens is 2. The van der Waals surface area contributed by atoms with Gasteiger partial charge in [-0.05, 0) is 31.2 Å². The van der Waals surface area contributed by atoms with Crippen LogP contribution in [0.3, 0.4) is 0 Å². The van der Waals surface area contributed by atoms with Crippen molar-refractivity contribution in [2.45, 2.75) is 20.0 Å². The Labute approximate surface area is 191 Å². The van der Waals surface area contributed by atoms with E-state index in [1.54, 1.807) is 18.2 Å². The fourth-order valence-electron chi connectivity index (χ4n) is 3.62. The highest BCUT2D eigenvalue weighted by Crippen LogP contribution is 2.38. The molecule has 1 heterocycles. The Balaban J connectivity index is 1.89. The summed E-state index contributed by atoms with van der Waals surface area (Å²) in [5, 5.41) is 10.9. The van der Waals surface area contributed by atoms with Crippen LogP contribution in [0.15, 0.2) is 30.6 Å². The number of fused-ring (bicyclic) bond motifs is 1. The molecular weight excluding hydrogens is 435 g/mol. The molecule has 2 aromatic carbocycles. The van der Waals surface area contributed by atoms with Crippen LogP contribution in [0.2, 0.25) is 5.02 Å². The molecule has 0 aliphatic carbocycles. The molecule has 32 heavy (non-hydrogen) atoms. The molecule has 3 rings (SSSR count). The number of nitrogens with zero attached hydrogens (tertiary/aromatic N) is 3. The van der Waals surface area contributed by atoms with E-state index in [0.717, 1.165) is 6.54 Å². The van der Waals surface area contributed by atoms with E-state index in [-0.39, 0.29) is 17.3 Å². The minimum atomic E-state index is -0.695. The first-order valence-corrected chi connectivity index (χ1v) is 10.6. The van der Waals surface area contributed by atoms with Crippen LogP contribution in [0.4, 0.5) is 10.1 Å². The Morgan fingerprint density at radius 1 is 1.19 bits per heavy atom. The van der Waals surface area contributed by atoms with Crippen LogP contribution < -0.4 is 15.2 Å². The fourth-order valence-corrected chi connectivity index (χ4v) is 3.78. The molecule has 0 aliphatic rings. The Morgan fingerprint density at radius 3 is 2.62 bits per heavy atom. The fraction of sp³-hybridized carbons (Fsp3) is 0.391. The zero-order chi connectivity index (χ0) is 23.4. The highest BCUT2D eigenvalue weighted by molar-refractivity contribution is 6.31. The summed E-state index contributed by atoms with van der Waals surface area (Å²) in [6, 6.07) is 6.46. The van der Waals surface area contributed by atoms with Gasteiger partial charge in [0.1, 0.15) is 19.0 Å². The summed E-state index contributed by atoms with van der Waals surface area (Å²) < 4.78 is 25.6. The minimum Gasteiger partial charge on any atom is -0.493 e. The number of nitrogens with two attached hydrogens (primary N) is 1. The van der Waals surface area contributed by atoms with Crippen molar-refractivity contribution in [3.63, 3.8) is 0 Å². The van der Waals surface area contributed by atoms with Crippen molar-refractivity contribution in [1.82, 2.24) is 14.9 Å². The quantitative estimate of drug-likeness (QED) is 0.464. The summed E-state index contributed by atoms with van der Waals surface area (Å²) in [4.78, 5) is 10.7. The molecule has 1 unspecified atom stereocenters. The van der Waals surface area contributed by atoms with Crippen molar-refractivity contribution >= 4 is 28.2 Å². The molecule has 0 bridgehead atoms. The van der Waals surface area contributed by atoms with Crippen molar-refractivity contribution in [3.05, 3.63) is 41.4 Å². The number of hydrogen-bond donors (Lipinski definition) is 2. The first kappa shape index (κ1) is 24.0. The lowest BCUT2D eigenvalue weighted by molar-refractivity contribution is 0.0722. The van der Waals surface area contributed by atoms with Gasteiger partial charge in [0.05, 0.1) is 29.0 Å². The van der Waals surface area contributed by atoms with Crippen LogP contribution >= 0.6 is 11.6 Å². The minimum absolute atomic E-state index is 0.0597. The number of anilines is 1. The van der Waals surface area contributed by atoms with E-state index in [1.165, 1.54) is 19.5 Å². The van der Waals surface area contributed by atoms with Crippen molar-refractivity contribution in [3.8, 4) is 22.8 Å². The number of benzene rings is 2. The third-order valence-corrected chi connectivity index (χ3v) is 5.23. The molecule has 0 spiro atoms. The monoisotopic (exact) mass is 462 g/mol. The number of hydrogen-bond acceptors (Lipinski definition) is 7. The van der Waals surface area contributed by atoms with Crippen LogP contribution in [0.1, 0.15) is 13.8 Å². The Bertz CT molecular complexity index is 1100. The van der Waals surface area contributed by atoms with Crippen molar-refractivity contribution in [2.24, 2.45) is 5.92 Å². The predicted octanol–water partition coefficient (Wildman–Crippen LogP) is 4.01. The van der Waals surface area contributed by atoms with Crippen LogP contribution in [0.25, 0.3) is 22.2 Å². The summed E-state index contributed by atoms with van der Waals surface area (Å²) in [6.45, 7) is 5.72. The summed E-state index contributed by atoms with van der Waals surface area (Å²) in [7, 11) is 3.48. The first-order valence-electron chi connectivity index (χ1n) is 10.3. The number of likely N-dealkylation sites (N-methyl/N-ethyl adjacent to an activating group) is 1. The standard InChI is InChI=1S/C23H28ClFN4O3/c1-13(2)9-29(3)10-14(30)11-32-20-8-18-16(7-19(20)31-4)23(28-12-27-18)15-5-6-17(24)21(25)22(15)26/h5-8,12-14,30H,9-11,26H2,1-4H3. The van der Waals surface area contributed by atoms with Gasteiger partial charge in [-0.15, -0.1) is 0 Å². The third kappa shape index (κ3) is 5.38. The maximum atomic E-state index is 14.3. The highest BCUT2D eigenvalue weighted by Gasteiger charge is 2.18. The van der Waals surface area contributed by atoms with Gasteiger partial charge in [-0.2, -0.15) is 0 Å². The van der Waals surface area contributed by atoms with Crippen LogP contribution in [0, 0.1) is 11.7 Å². The van der Waals surface area contributed by atoms with Gasteiger partial charge >= 0.3 is 0 Å². The SMILES string of the molecule is COc1cc2c(-c3ccc(Cl)c(F)c3N)ncnc2cc1OCC(O)CN(C)CC(C)C. The maximum Gasteiger partial charge on any atom is 0.165 e. The predicted molar refractivity (Wildman–Crippen MR) is 125 cm³/mol. The molecule has 0 fully saturated rings. The summed E-state index contributed by atoms with van der Waals surface area (Å²) >= 11 is 5.83. The molecule has 0 saturated carbocycles. The molecular formula is C23H28ClFN4O3. The van der Waals surface area contributed by atoms with Crippen molar-refractivity contribution in [1.29, 1.82) is 0 Å². The van der Waals surface area contributed by atoms with Gasteiger partial charge in [-0.25, -0.2) is 14.4 Å². The van der Waals surface area contributed by atoms with Crippen LogP contribution in [-0.2, 0) is 0 Å². The number of rotatable bonds is 9. The van der Waals surface area contributed by atoms with Gasteiger partial charge in [0.15, 0.2) is 17.3 Å². The van der Waals surface area contributed by atoms with Crippen molar-refractivity contribution < 1.29 is 19.0 Å². The molecule has 1 atom stereocenters. The molecule has 1 aromatic heterocycles. The number of aliphatic hydroxyl groups excluding tert-OH is 1. The molecule has 0 saturated heterocycles. The molecule has 3 N–H and O–H groups in total. The lowest BCUT2D eigenvalue weighted by Crippen LogP contribution is -2.35. The highest BCUT2D eigenvalue weighted by atomic mass is 35.5. The molecule has 0 amide bonds. The van der Waals surface area contributed by atoms with Crippen LogP contribution in [0.5, 0.6) is 11.5 Å². The topological polar surface area (TPSA) is 93.7 Å². The summed E-state index contributed by atoms with van der Waals surface area (Å²) in [5.74, 6) is 0.680. The Kier molecular flexibility index (Phi) is 7.71. The van der Waals surface area contributed by atoms with Gasteiger partial charge < -0.3 is 25.2 Å². The zero-order valence-corrected chi connectivity index (χ0v) is 19.4. The molecule has 0 aliphatic heterocycles. The first-order chi connectivity index (χ1) is 15.2. The summed E-state index contributed by atoms with van der Waals surface area (Å²) in [5.41, 5.74) is 7.27. The van der Waals surface area contributed by atoms with E-state index in [4.69, 9.17) is 26.8 Å². The second-order valence-corrected chi connectivity index (χ2v) is 8.55. The molecule has 0 radical (unpaired) electrons. The average molecular weight is 463 g/mol. The van der Waals surface area contributed by atoms with Crippen molar-refractivity contribution in [2.75, 3.05) is 39.6 Å². The lowest BCUT2D eigenvalue weighted by Gasteiger charge is -2.22. The number of methoxy groups -OCH3 is 1. The zero-order valence-electron chi connectivity index (χ0n) is 18.6. The van der Waals surface area contributed by atoms with Gasteiger partial charge in [0.25, 0.3) is 0 Å². The molecule has 3 aromatic rings. The number of nitrogen functional groups attached to an aromatic ring is 1. The van der Waals surface area contributed by atoms with Gasteiger partial charge in [-0.3, -0.25) is 0 Å². The smallest absolute Gasteiger partial charge is 0.165 e. The summed E-state index contributed by atoms with van der Waals surface area (Å²) in [6.07, 6.45) is 0.701. The Hall–Kier alpha value is -2.68. The van der Waals surface area contributed by atoms with E-state index in [0.29, 0.717) is 46.1 Å². The lowest BCUT2D eigenvalue weighted by atomic mass is 10.0. The number of ether oxygens (including phenoxy) is 2. The molecule has 7 nitrogen and oxygen atoms in total. The maximum absolute atomic E-state index is 14.3. The number of aliphatic hydroxyl groups is 1. The third-order valence-electron chi connectivity index (χ3n) is 4.94. The molecule has 172 valence electrons. The second-order valence-electron chi connectivity index (χ2n) is 8.14.